The fraction of sp³-hybridized carbons (Fsp3) is 0.500. The molecule has 1 unspecified atom stereocenters. The van der Waals surface area contributed by atoms with Crippen molar-refractivity contribution in [2.24, 2.45) is 0 Å². The van der Waals surface area contributed by atoms with Gasteiger partial charge in [-0.3, -0.25) is 14.9 Å². The van der Waals surface area contributed by atoms with E-state index in [1.807, 2.05) is 37.5 Å². The van der Waals surface area contributed by atoms with Gasteiger partial charge in [0.15, 0.2) is 0 Å². The zero-order valence-electron chi connectivity index (χ0n) is 15.4. The smallest absolute Gasteiger partial charge is 0.128 e. The second kappa shape index (κ2) is 8.41. The molecule has 1 fully saturated rings. The molecule has 0 aliphatic carbocycles. The average molecular weight is 341 g/mol. The van der Waals surface area contributed by atoms with Crippen molar-refractivity contribution < 1.29 is 9.47 Å². The second-order valence-electron chi connectivity index (χ2n) is 6.68. The number of hydrogen-bond acceptors (Lipinski definition) is 5. The number of aryl methyl sites for hydroxylation is 1. The normalized spacial score (nSPS) is 18.3. The lowest BCUT2D eigenvalue weighted by molar-refractivity contribution is -0.0135. The molecule has 0 bridgehead atoms. The van der Waals surface area contributed by atoms with Crippen LogP contribution in [0.1, 0.15) is 35.4 Å². The zero-order chi connectivity index (χ0) is 17.6. The van der Waals surface area contributed by atoms with Gasteiger partial charge in [-0.15, -0.1) is 0 Å². The van der Waals surface area contributed by atoms with Crippen molar-refractivity contribution >= 4 is 0 Å². The summed E-state index contributed by atoms with van der Waals surface area (Å²) in [6.45, 7) is 7.56. The van der Waals surface area contributed by atoms with Crippen LogP contribution in [0.25, 0.3) is 0 Å². The number of methoxy groups -OCH3 is 1. The molecule has 0 saturated carbocycles. The summed E-state index contributed by atoms with van der Waals surface area (Å²) in [6, 6.07) is 5.93. The first-order valence-electron chi connectivity index (χ1n) is 8.90. The summed E-state index contributed by atoms with van der Waals surface area (Å²) in [5.41, 5.74) is 4.30. The SMILES string of the molecule is COc1c(C)cnc(CN2CCCC(OCc3ccccn3)C2)c1C. The summed E-state index contributed by atoms with van der Waals surface area (Å²) < 4.78 is 11.6. The predicted molar refractivity (Wildman–Crippen MR) is 97.6 cm³/mol. The number of rotatable bonds is 6. The van der Waals surface area contributed by atoms with E-state index in [0.717, 1.165) is 60.7 Å². The summed E-state index contributed by atoms with van der Waals surface area (Å²) in [6.07, 6.45) is 6.22. The number of aromatic nitrogens is 2. The minimum atomic E-state index is 0.253. The quantitative estimate of drug-likeness (QED) is 0.807. The zero-order valence-corrected chi connectivity index (χ0v) is 15.4. The Labute approximate surface area is 150 Å². The van der Waals surface area contributed by atoms with Crippen LogP contribution in [0.5, 0.6) is 5.75 Å². The van der Waals surface area contributed by atoms with Gasteiger partial charge in [0.1, 0.15) is 5.75 Å². The highest BCUT2D eigenvalue weighted by molar-refractivity contribution is 5.41. The summed E-state index contributed by atoms with van der Waals surface area (Å²) >= 11 is 0. The molecule has 2 aromatic heterocycles. The van der Waals surface area contributed by atoms with Crippen LogP contribution in [-0.2, 0) is 17.9 Å². The van der Waals surface area contributed by atoms with E-state index in [-0.39, 0.29) is 6.10 Å². The highest BCUT2D eigenvalue weighted by atomic mass is 16.5. The van der Waals surface area contributed by atoms with Crippen LogP contribution >= 0.6 is 0 Å². The Morgan fingerprint density at radius 1 is 1.24 bits per heavy atom. The van der Waals surface area contributed by atoms with Gasteiger partial charge in [-0.05, 0) is 45.4 Å². The first kappa shape index (κ1) is 17.8. The molecule has 134 valence electrons. The number of ether oxygens (including phenoxy) is 2. The summed E-state index contributed by atoms with van der Waals surface area (Å²) in [5, 5.41) is 0. The van der Waals surface area contributed by atoms with E-state index in [9.17, 15) is 0 Å². The van der Waals surface area contributed by atoms with Crippen molar-refractivity contribution in [1.29, 1.82) is 0 Å². The van der Waals surface area contributed by atoms with Crippen molar-refractivity contribution in [3.05, 3.63) is 53.1 Å². The third kappa shape index (κ3) is 4.55. The van der Waals surface area contributed by atoms with Gasteiger partial charge < -0.3 is 9.47 Å². The van der Waals surface area contributed by atoms with E-state index in [1.165, 1.54) is 0 Å². The minimum Gasteiger partial charge on any atom is -0.496 e. The fourth-order valence-corrected chi connectivity index (χ4v) is 3.42. The lowest BCUT2D eigenvalue weighted by Crippen LogP contribution is -2.39. The number of pyridine rings is 2. The maximum atomic E-state index is 6.08. The van der Waals surface area contributed by atoms with Gasteiger partial charge >= 0.3 is 0 Å². The molecule has 3 heterocycles. The van der Waals surface area contributed by atoms with Crippen molar-refractivity contribution in [3.8, 4) is 5.75 Å². The van der Waals surface area contributed by atoms with Gasteiger partial charge in [-0.25, -0.2) is 0 Å². The minimum absolute atomic E-state index is 0.253. The Morgan fingerprint density at radius 2 is 2.12 bits per heavy atom. The molecule has 1 saturated heterocycles. The Hall–Kier alpha value is -1.98. The van der Waals surface area contributed by atoms with Crippen molar-refractivity contribution in [2.45, 2.75) is 45.9 Å². The Kier molecular flexibility index (Phi) is 6.00. The van der Waals surface area contributed by atoms with E-state index in [4.69, 9.17) is 9.47 Å². The predicted octanol–water partition coefficient (Wildman–Crippen LogP) is 3.28. The topological polar surface area (TPSA) is 47.5 Å². The molecule has 3 rings (SSSR count). The van der Waals surface area contributed by atoms with Crippen molar-refractivity contribution in [3.63, 3.8) is 0 Å². The lowest BCUT2D eigenvalue weighted by atomic mass is 10.1. The molecule has 0 radical (unpaired) electrons. The Morgan fingerprint density at radius 3 is 2.88 bits per heavy atom. The molecule has 0 spiro atoms. The molecule has 5 nitrogen and oxygen atoms in total. The standard InChI is InChI=1S/C20H27N3O2/c1-15-11-22-19(16(2)20(15)24-3)13-23-10-6-8-18(12-23)25-14-17-7-4-5-9-21-17/h4-5,7,9,11,18H,6,8,10,12-14H2,1-3H3. The molecule has 5 heteroatoms. The fourth-order valence-electron chi connectivity index (χ4n) is 3.42. The highest BCUT2D eigenvalue weighted by Gasteiger charge is 2.22. The summed E-state index contributed by atoms with van der Waals surface area (Å²) in [5.74, 6) is 0.949. The molecular weight excluding hydrogens is 314 g/mol. The van der Waals surface area contributed by atoms with E-state index in [2.05, 4.69) is 21.8 Å². The largest absolute Gasteiger partial charge is 0.496 e. The maximum Gasteiger partial charge on any atom is 0.128 e. The van der Waals surface area contributed by atoms with Gasteiger partial charge in [0.05, 0.1) is 31.2 Å². The molecule has 0 aromatic carbocycles. The Balaban J connectivity index is 1.58. The first-order valence-corrected chi connectivity index (χ1v) is 8.90. The van der Waals surface area contributed by atoms with Crippen molar-refractivity contribution in [1.82, 2.24) is 14.9 Å². The molecule has 1 atom stereocenters. The van der Waals surface area contributed by atoms with Crippen LogP contribution in [0, 0.1) is 13.8 Å². The van der Waals surface area contributed by atoms with Gasteiger partial charge in [-0.1, -0.05) is 6.07 Å². The van der Waals surface area contributed by atoms with E-state index in [0.29, 0.717) is 6.61 Å². The number of nitrogens with zero attached hydrogens (tertiary/aromatic N) is 3. The highest BCUT2D eigenvalue weighted by Crippen LogP contribution is 2.25. The molecule has 0 N–H and O–H groups in total. The molecule has 1 aliphatic heterocycles. The van der Waals surface area contributed by atoms with E-state index < -0.39 is 0 Å². The molecule has 25 heavy (non-hydrogen) atoms. The van der Waals surface area contributed by atoms with Crippen LogP contribution in [0.2, 0.25) is 0 Å². The molecule has 2 aromatic rings. The number of piperidine rings is 1. The molecule has 0 amide bonds. The lowest BCUT2D eigenvalue weighted by Gasteiger charge is -2.32. The molecule has 1 aliphatic rings. The third-order valence-electron chi connectivity index (χ3n) is 4.78. The van der Waals surface area contributed by atoms with Gasteiger partial charge in [0.25, 0.3) is 0 Å². The van der Waals surface area contributed by atoms with Crippen LogP contribution in [0.3, 0.4) is 0 Å². The average Bonchev–Trinajstić information content (AvgIpc) is 2.64. The number of hydrogen-bond donors (Lipinski definition) is 0. The van der Waals surface area contributed by atoms with Crippen LogP contribution in [0.4, 0.5) is 0 Å². The van der Waals surface area contributed by atoms with Gasteiger partial charge in [0.2, 0.25) is 0 Å². The second-order valence-corrected chi connectivity index (χ2v) is 6.68. The summed E-state index contributed by atoms with van der Waals surface area (Å²) in [4.78, 5) is 11.4. The monoisotopic (exact) mass is 341 g/mol. The first-order chi connectivity index (χ1) is 12.2. The van der Waals surface area contributed by atoms with Crippen LogP contribution in [-0.4, -0.2) is 41.2 Å². The van der Waals surface area contributed by atoms with Gasteiger partial charge in [0, 0.05) is 36.6 Å². The number of likely N-dealkylation sites (tertiary alicyclic amines) is 1. The maximum absolute atomic E-state index is 6.08. The Bertz CT molecular complexity index is 691. The van der Waals surface area contributed by atoms with E-state index in [1.54, 1.807) is 7.11 Å². The summed E-state index contributed by atoms with van der Waals surface area (Å²) in [7, 11) is 1.72. The van der Waals surface area contributed by atoms with Crippen LogP contribution < -0.4 is 4.74 Å². The van der Waals surface area contributed by atoms with Crippen molar-refractivity contribution in [2.75, 3.05) is 20.2 Å². The molecular formula is C20H27N3O2. The van der Waals surface area contributed by atoms with Gasteiger partial charge in [-0.2, -0.15) is 0 Å². The van der Waals surface area contributed by atoms with Crippen LogP contribution in [0.15, 0.2) is 30.6 Å². The third-order valence-corrected chi connectivity index (χ3v) is 4.78. The van der Waals surface area contributed by atoms with E-state index >= 15 is 0 Å².